The minimum Gasteiger partial charge on any atom is -0.477 e. The van der Waals surface area contributed by atoms with E-state index in [0.29, 0.717) is 4.88 Å². The van der Waals surface area contributed by atoms with Crippen LogP contribution >= 0.6 is 34.8 Å². The molecule has 0 spiro atoms. The summed E-state index contributed by atoms with van der Waals surface area (Å²) in [6.45, 7) is 4.58. The summed E-state index contributed by atoms with van der Waals surface area (Å²) in [6, 6.07) is 58.4. The van der Waals surface area contributed by atoms with E-state index in [9.17, 15) is 15.2 Å². The molecule has 0 aliphatic heterocycles. The van der Waals surface area contributed by atoms with Crippen molar-refractivity contribution in [1.29, 1.82) is 5.26 Å². The number of anilines is 3. The van der Waals surface area contributed by atoms with E-state index in [-0.39, 0.29) is 11.0 Å². The molecule has 8 nitrogen and oxygen atoms in total. The number of benzene rings is 7. The van der Waals surface area contributed by atoms with Crippen molar-refractivity contribution in [2.75, 3.05) is 4.90 Å². The molecule has 1 aliphatic rings. The lowest BCUT2D eigenvalue weighted by Crippen LogP contribution is -2.25. The van der Waals surface area contributed by atoms with Gasteiger partial charge in [-0.15, -0.1) is 11.3 Å². The molecule has 0 saturated heterocycles. The van der Waals surface area contributed by atoms with Crippen molar-refractivity contribution in [3.8, 4) is 61.0 Å². The molecule has 11 rings (SSSR count). The van der Waals surface area contributed by atoms with Gasteiger partial charge < -0.3 is 10.0 Å². The van der Waals surface area contributed by atoms with E-state index in [1.54, 1.807) is 6.07 Å². The van der Waals surface area contributed by atoms with Gasteiger partial charge in [0.1, 0.15) is 33.7 Å². The van der Waals surface area contributed by atoms with Gasteiger partial charge in [0.05, 0.1) is 23.5 Å². The smallest absolute Gasteiger partial charge is 0.346 e. The molecule has 3 aromatic heterocycles. The summed E-state index contributed by atoms with van der Waals surface area (Å²) in [5.41, 5.74) is 19.2. The Morgan fingerprint density at radius 1 is 0.541 bits per heavy atom. The third kappa shape index (κ3) is 9.23. The van der Waals surface area contributed by atoms with Crippen LogP contribution in [0.25, 0.3) is 83.1 Å². The Labute approximate surface area is 444 Å². The molecular formula is C63H54N6O2S3. The van der Waals surface area contributed by atoms with Crippen LogP contribution in [0.2, 0.25) is 0 Å². The molecule has 11 heteroatoms. The number of nitrogens with zero attached hydrogens (tertiary/aromatic N) is 6. The number of unbranched alkanes of at least 4 members (excludes halogenated alkanes) is 6. The molecule has 0 radical (unpaired) electrons. The predicted molar refractivity (Wildman–Crippen MR) is 308 cm³/mol. The van der Waals surface area contributed by atoms with Crippen LogP contribution < -0.4 is 4.90 Å². The van der Waals surface area contributed by atoms with Crippen molar-refractivity contribution in [1.82, 2.24) is 17.5 Å². The van der Waals surface area contributed by atoms with E-state index in [2.05, 4.69) is 164 Å². The van der Waals surface area contributed by atoms with Crippen molar-refractivity contribution in [3.63, 3.8) is 0 Å². The molecule has 366 valence electrons. The number of aromatic nitrogens is 4. The summed E-state index contributed by atoms with van der Waals surface area (Å²) in [6.07, 6.45) is 13.0. The summed E-state index contributed by atoms with van der Waals surface area (Å²) < 4.78 is 19.7. The van der Waals surface area contributed by atoms with Crippen LogP contribution in [-0.2, 0) is 10.2 Å². The normalized spacial score (nSPS) is 12.7. The molecule has 0 amide bonds. The Kier molecular flexibility index (Phi) is 14.1. The van der Waals surface area contributed by atoms with Crippen molar-refractivity contribution in [3.05, 3.63) is 179 Å². The molecule has 0 unspecified atom stereocenters. The van der Waals surface area contributed by atoms with Crippen LogP contribution in [-0.4, -0.2) is 28.6 Å². The monoisotopic (exact) mass is 1020 g/mol. The number of para-hydroxylation sites is 2. The highest BCUT2D eigenvalue weighted by molar-refractivity contribution is 7.16. The molecule has 3 heterocycles. The number of hydrogen-bond donors (Lipinski definition) is 1. The second kappa shape index (κ2) is 21.5. The number of carboxylic acids is 1. The molecule has 0 fully saturated rings. The lowest BCUT2D eigenvalue weighted by atomic mass is 9.70. The number of fused-ring (bicyclic) bond motifs is 5. The first kappa shape index (κ1) is 48.6. The van der Waals surface area contributed by atoms with E-state index in [0.717, 1.165) is 109 Å². The second-order valence-electron chi connectivity index (χ2n) is 19.2. The first-order chi connectivity index (χ1) is 36.4. The quantitative estimate of drug-likeness (QED) is 0.0484. The van der Waals surface area contributed by atoms with E-state index in [1.165, 1.54) is 102 Å². The SMILES string of the molecule is CCCCCCC1(CCCCCC)c2cc(-c3ccc(-c4ccc(N(c5ccccc5)c5ccccc5)cc4)c4nsnc34)ccc2-c2ccc(-c3ccc(-c4ccc(/C=C(/C#N)C(=O)O)s4)c4nsnc34)cc21. The molecule has 74 heavy (non-hydrogen) atoms. The average Bonchev–Trinajstić information content (AvgIpc) is 4.29. The number of carboxylic acid groups (broad SMARTS) is 1. The Hall–Kier alpha value is -7.62. The highest BCUT2D eigenvalue weighted by atomic mass is 32.1. The van der Waals surface area contributed by atoms with Crippen LogP contribution in [0.1, 0.15) is 94.1 Å². The van der Waals surface area contributed by atoms with Gasteiger partial charge in [0.15, 0.2) is 0 Å². The zero-order valence-electron chi connectivity index (χ0n) is 41.4. The number of hydrogen-bond acceptors (Lipinski definition) is 10. The maximum absolute atomic E-state index is 11.6. The van der Waals surface area contributed by atoms with Crippen LogP contribution in [0.3, 0.4) is 0 Å². The average molecular weight is 1020 g/mol. The fraction of sp³-hybridized carbons (Fsp3) is 0.206. The largest absolute Gasteiger partial charge is 0.477 e. The Morgan fingerprint density at radius 3 is 1.47 bits per heavy atom. The predicted octanol–water partition coefficient (Wildman–Crippen LogP) is 18.1. The molecule has 1 N–H and O–H groups in total. The summed E-state index contributed by atoms with van der Waals surface area (Å²) in [5, 5.41) is 18.8. The lowest BCUT2D eigenvalue weighted by molar-refractivity contribution is -0.132. The van der Waals surface area contributed by atoms with Crippen molar-refractivity contribution < 1.29 is 9.90 Å². The Balaban J connectivity index is 0.972. The zero-order chi connectivity index (χ0) is 50.6. The third-order valence-corrected chi connectivity index (χ3v) is 16.8. The zero-order valence-corrected chi connectivity index (χ0v) is 43.9. The van der Waals surface area contributed by atoms with Gasteiger partial charge in [0.25, 0.3) is 0 Å². The van der Waals surface area contributed by atoms with Crippen LogP contribution in [0.15, 0.2) is 163 Å². The highest BCUT2D eigenvalue weighted by Crippen LogP contribution is 2.56. The van der Waals surface area contributed by atoms with Gasteiger partial charge in [-0.1, -0.05) is 162 Å². The molecule has 10 aromatic rings. The first-order valence-corrected chi connectivity index (χ1v) is 27.9. The van der Waals surface area contributed by atoms with E-state index >= 15 is 0 Å². The van der Waals surface area contributed by atoms with Gasteiger partial charge in [-0.25, -0.2) is 4.79 Å². The van der Waals surface area contributed by atoms with Crippen molar-refractivity contribution >= 4 is 86.0 Å². The Morgan fingerprint density at radius 2 is 0.986 bits per heavy atom. The fourth-order valence-corrected chi connectivity index (χ4v) is 13.2. The maximum atomic E-state index is 11.6. The first-order valence-electron chi connectivity index (χ1n) is 25.7. The van der Waals surface area contributed by atoms with Crippen LogP contribution in [0, 0.1) is 11.3 Å². The number of rotatable bonds is 19. The summed E-state index contributed by atoms with van der Waals surface area (Å²) >= 11 is 3.91. The summed E-state index contributed by atoms with van der Waals surface area (Å²) in [5.74, 6) is -1.24. The molecule has 0 saturated carbocycles. The van der Waals surface area contributed by atoms with Crippen LogP contribution in [0.5, 0.6) is 0 Å². The summed E-state index contributed by atoms with van der Waals surface area (Å²) in [7, 11) is 0. The lowest BCUT2D eigenvalue weighted by Gasteiger charge is -2.33. The molecular weight excluding hydrogens is 969 g/mol. The number of thiophene rings is 1. The topological polar surface area (TPSA) is 116 Å². The molecule has 1 aliphatic carbocycles. The van der Waals surface area contributed by atoms with Crippen molar-refractivity contribution in [2.45, 2.75) is 83.5 Å². The molecule has 7 aromatic carbocycles. The van der Waals surface area contributed by atoms with Gasteiger partial charge in [-0.3, -0.25) is 0 Å². The Bertz CT molecular complexity index is 3670. The van der Waals surface area contributed by atoms with Gasteiger partial charge in [-0.05, 0) is 119 Å². The molecule has 0 atom stereocenters. The van der Waals surface area contributed by atoms with E-state index in [1.807, 2.05) is 12.1 Å². The minimum absolute atomic E-state index is 0.189. The van der Waals surface area contributed by atoms with Crippen LogP contribution in [0.4, 0.5) is 17.1 Å². The van der Waals surface area contributed by atoms with E-state index < -0.39 is 5.97 Å². The second-order valence-corrected chi connectivity index (χ2v) is 21.4. The van der Waals surface area contributed by atoms with E-state index in [4.69, 9.17) is 17.5 Å². The number of carbonyl (C=O) groups is 1. The maximum Gasteiger partial charge on any atom is 0.346 e. The van der Waals surface area contributed by atoms with Gasteiger partial charge in [-0.2, -0.15) is 22.8 Å². The molecule has 0 bridgehead atoms. The van der Waals surface area contributed by atoms with Crippen molar-refractivity contribution in [2.24, 2.45) is 0 Å². The van der Waals surface area contributed by atoms with Gasteiger partial charge >= 0.3 is 5.97 Å². The number of nitriles is 1. The van der Waals surface area contributed by atoms with Gasteiger partial charge in [0.2, 0.25) is 0 Å². The minimum atomic E-state index is -1.24. The summed E-state index contributed by atoms with van der Waals surface area (Å²) in [4.78, 5) is 15.5. The highest BCUT2D eigenvalue weighted by Gasteiger charge is 2.43. The van der Waals surface area contributed by atoms with Gasteiger partial charge in [0, 0.05) is 54.5 Å². The fourth-order valence-electron chi connectivity index (χ4n) is 11.1. The standard InChI is InChI=1S/C63H54N6O2S3/c1-3-5-7-15-35-63(36-16-8-6-4-2)55-38-42(50-31-30-49(58-59(50)66-73-65-58)41-21-25-47(26-22-41)69(45-17-11-9-12-18-45)46-19-13-10-14-20-46)23-28-52(55)53-29-24-43(39-56(53)63)51-32-33-54(61-60(51)67-74-68-61)57-34-27-48(72-57)37-44(40-64)62(70)71/h9-14,17-34,37-39H,3-8,15-16,35-36H2,1-2H3,(H,70,71)/b44-37-. The number of aliphatic carboxylic acids is 1. The third-order valence-electron chi connectivity index (χ3n) is 14.7.